The van der Waals surface area contributed by atoms with Crippen LogP contribution in [0.5, 0.6) is 0 Å². The number of phosphoric acid groups is 1. The molecule has 0 fully saturated rings. The van der Waals surface area contributed by atoms with E-state index in [0.29, 0.717) is 17.4 Å². The van der Waals surface area contributed by atoms with Gasteiger partial charge in [0.1, 0.15) is 19.8 Å². The van der Waals surface area contributed by atoms with Crippen LogP contribution in [-0.4, -0.2) is 70.0 Å². The number of allylic oxidation sites excluding steroid dienone is 20. The normalized spacial score (nSPS) is 14.1. The molecule has 0 aliphatic carbocycles. The van der Waals surface area contributed by atoms with E-state index in [4.69, 9.17) is 18.5 Å². The molecule has 0 bridgehead atoms. The molecular weight excluding hydrogens is 990 g/mol. The van der Waals surface area contributed by atoms with Crippen molar-refractivity contribution in [1.82, 2.24) is 0 Å². The molecule has 78 heavy (non-hydrogen) atoms. The minimum absolute atomic E-state index is 0.0456. The Bertz CT molecular complexity index is 1730. The molecule has 0 amide bonds. The van der Waals surface area contributed by atoms with Gasteiger partial charge in [-0.25, -0.2) is 0 Å². The van der Waals surface area contributed by atoms with Crippen LogP contribution in [0, 0.1) is 0 Å². The summed E-state index contributed by atoms with van der Waals surface area (Å²) in [5.74, 6) is -0.888. The third-order valence-corrected chi connectivity index (χ3v) is 13.9. The van der Waals surface area contributed by atoms with Crippen molar-refractivity contribution < 1.29 is 42.1 Å². The number of rotatable bonds is 56. The van der Waals surface area contributed by atoms with Gasteiger partial charge in [-0.1, -0.05) is 245 Å². The summed E-state index contributed by atoms with van der Waals surface area (Å²) in [6.45, 7) is 4.06. The third kappa shape index (κ3) is 61.6. The van der Waals surface area contributed by atoms with Gasteiger partial charge in [0.05, 0.1) is 27.7 Å². The molecule has 0 radical (unpaired) electrons. The maximum absolute atomic E-state index is 12.8. The molecule has 446 valence electrons. The Morgan fingerprint density at radius 3 is 1.12 bits per heavy atom. The molecular formula is C68H116NO8P. The average Bonchev–Trinajstić information content (AvgIpc) is 3.41. The highest BCUT2D eigenvalue weighted by Crippen LogP contribution is 2.38. The van der Waals surface area contributed by atoms with E-state index in [-0.39, 0.29) is 26.1 Å². The number of phosphoric ester groups is 1. The van der Waals surface area contributed by atoms with Crippen LogP contribution < -0.4 is 4.89 Å². The van der Waals surface area contributed by atoms with E-state index in [9.17, 15) is 19.0 Å². The molecule has 2 unspecified atom stereocenters. The van der Waals surface area contributed by atoms with Gasteiger partial charge in [-0.3, -0.25) is 14.2 Å². The fourth-order valence-corrected chi connectivity index (χ4v) is 8.90. The number of esters is 2. The molecule has 10 heteroatoms. The number of carbonyl (C=O) groups is 2. The molecule has 0 aromatic carbocycles. The second kappa shape index (κ2) is 58.1. The number of ether oxygens (including phenoxy) is 2. The lowest BCUT2D eigenvalue weighted by molar-refractivity contribution is -0.870. The topological polar surface area (TPSA) is 111 Å². The molecule has 0 heterocycles. The summed E-state index contributed by atoms with van der Waals surface area (Å²) in [5, 5.41) is 0. The lowest BCUT2D eigenvalue weighted by atomic mass is 10.0. The van der Waals surface area contributed by atoms with Crippen molar-refractivity contribution in [2.24, 2.45) is 0 Å². The van der Waals surface area contributed by atoms with Crippen LogP contribution in [0.4, 0.5) is 0 Å². The molecule has 0 aromatic rings. The molecule has 9 nitrogen and oxygen atoms in total. The number of hydrogen-bond donors (Lipinski definition) is 0. The number of likely N-dealkylation sites (N-methyl/N-ethyl adjacent to an activating group) is 1. The maximum atomic E-state index is 12.8. The van der Waals surface area contributed by atoms with Gasteiger partial charge in [0, 0.05) is 12.8 Å². The lowest BCUT2D eigenvalue weighted by Gasteiger charge is -2.28. The van der Waals surface area contributed by atoms with Gasteiger partial charge in [0.15, 0.2) is 6.10 Å². The summed E-state index contributed by atoms with van der Waals surface area (Å²) in [4.78, 5) is 37.9. The van der Waals surface area contributed by atoms with Gasteiger partial charge in [0.25, 0.3) is 7.82 Å². The van der Waals surface area contributed by atoms with Gasteiger partial charge < -0.3 is 27.9 Å². The number of quaternary nitrogens is 1. The minimum atomic E-state index is -4.66. The minimum Gasteiger partial charge on any atom is -0.756 e. The fourth-order valence-electron chi connectivity index (χ4n) is 8.17. The highest BCUT2D eigenvalue weighted by molar-refractivity contribution is 7.45. The summed E-state index contributed by atoms with van der Waals surface area (Å²) in [6, 6.07) is 0. The second-order valence-electron chi connectivity index (χ2n) is 21.7. The van der Waals surface area contributed by atoms with Crippen molar-refractivity contribution in [1.29, 1.82) is 0 Å². The molecule has 0 N–H and O–H groups in total. The Kier molecular flexibility index (Phi) is 55.4. The maximum Gasteiger partial charge on any atom is 0.306 e. The van der Waals surface area contributed by atoms with E-state index in [2.05, 4.69) is 135 Å². The first-order chi connectivity index (χ1) is 38.0. The van der Waals surface area contributed by atoms with E-state index in [1.165, 1.54) is 122 Å². The van der Waals surface area contributed by atoms with Crippen molar-refractivity contribution in [3.63, 3.8) is 0 Å². The Balaban J connectivity index is 4.23. The quantitative estimate of drug-likeness (QED) is 0.0195. The van der Waals surface area contributed by atoms with Crippen LogP contribution in [0.3, 0.4) is 0 Å². The monoisotopic (exact) mass is 1110 g/mol. The smallest absolute Gasteiger partial charge is 0.306 e. The standard InChI is InChI=1S/C68H116NO8P/c1-6-8-10-12-14-16-18-20-22-24-26-28-30-32-34-36-38-40-42-44-46-48-50-52-54-56-58-60-67(70)74-64-66(65-76-78(72,73)75-63-62-69(3,4)5)77-68(71)61-59-57-55-53-51-49-47-45-43-41-39-37-35-33-31-29-27-25-23-21-19-17-15-13-11-9-7-2/h9,11,15,17-18,20-21,23-24,26-27,29,33,35,39,41,45,47,51,53,66H,6-8,10,12-14,16,19,22,25,28,30-32,34,36-38,40,42-44,46,48-50,52,54-65H2,1-5H3/b11-9-,17-15-,20-18-,23-21-,26-24-,29-27-,35-33-,41-39-,47-45-,53-51-. The summed E-state index contributed by atoms with van der Waals surface area (Å²) in [6.07, 6.45) is 82.6. The largest absolute Gasteiger partial charge is 0.756 e. The summed E-state index contributed by atoms with van der Waals surface area (Å²) in [5.41, 5.74) is 0. The zero-order chi connectivity index (χ0) is 57.0. The SMILES string of the molecule is CC/C=C\C/C=C\C/C=C\C/C=C\C/C=C\C/C=C\C/C=C\C/C=C\CCCCC(=O)OC(COC(=O)CCCCCCCCCCCCCCCCC/C=C\C/C=C\CCCCCCC)COP(=O)([O-])OCC[N+](C)(C)C. The first-order valence-corrected chi connectivity index (χ1v) is 32.7. The molecule has 0 aliphatic rings. The fraction of sp³-hybridized carbons (Fsp3) is 0.676. The molecule has 2 atom stereocenters. The van der Waals surface area contributed by atoms with Crippen LogP contribution in [-0.2, 0) is 32.7 Å². The van der Waals surface area contributed by atoms with Crippen LogP contribution in [0.2, 0.25) is 0 Å². The van der Waals surface area contributed by atoms with Gasteiger partial charge in [-0.2, -0.15) is 0 Å². The highest BCUT2D eigenvalue weighted by atomic mass is 31.2. The number of unbranched alkanes of at least 4 members (excludes halogenated alkanes) is 22. The number of hydrogen-bond acceptors (Lipinski definition) is 8. The van der Waals surface area contributed by atoms with E-state index in [1.54, 1.807) is 0 Å². The van der Waals surface area contributed by atoms with Gasteiger partial charge in [-0.15, -0.1) is 0 Å². The van der Waals surface area contributed by atoms with Gasteiger partial charge in [0.2, 0.25) is 0 Å². The van der Waals surface area contributed by atoms with Crippen LogP contribution in [0.25, 0.3) is 0 Å². The van der Waals surface area contributed by atoms with Crippen molar-refractivity contribution in [3.8, 4) is 0 Å². The Morgan fingerprint density at radius 2 is 0.731 bits per heavy atom. The Morgan fingerprint density at radius 1 is 0.410 bits per heavy atom. The number of nitrogens with zero attached hydrogens (tertiary/aromatic N) is 1. The molecule has 0 saturated carbocycles. The molecule has 0 aromatic heterocycles. The number of carbonyl (C=O) groups excluding carboxylic acids is 2. The lowest BCUT2D eigenvalue weighted by Crippen LogP contribution is -2.37. The molecule has 0 saturated heterocycles. The molecule has 0 spiro atoms. The molecule has 0 rings (SSSR count). The van der Waals surface area contributed by atoms with Crippen molar-refractivity contribution in [2.45, 2.75) is 251 Å². The Hall–Kier alpha value is -3.59. The predicted molar refractivity (Wildman–Crippen MR) is 332 cm³/mol. The second-order valence-corrected chi connectivity index (χ2v) is 23.1. The van der Waals surface area contributed by atoms with Crippen molar-refractivity contribution in [3.05, 3.63) is 122 Å². The van der Waals surface area contributed by atoms with Crippen molar-refractivity contribution in [2.75, 3.05) is 47.5 Å². The van der Waals surface area contributed by atoms with Crippen molar-refractivity contribution >= 4 is 19.8 Å². The summed E-state index contributed by atoms with van der Waals surface area (Å²) >= 11 is 0. The van der Waals surface area contributed by atoms with Crippen LogP contribution >= 0.6 is 7.82 Å². The summed E-state index contributed by atoms with van der Waals surface area (Å²) < 4.78 is 34.2. The van der Waals surface area contributed by atoms with Crippen LogP contribution in [0.15, 0.2) is 122 Å². The third-order valence-electron chi connectivity index (χ3n) is 13.0. The first kappa shape index (κ1) is 74.4. The van der Waals surface area contributed by atoms with E-state index in [0.717, 1.165) is 89.9 Å². The zero-order valence-electron chi connectivity index (χ0n) is 50.6. The van der Waals surface area contributed by atoms with E-state index in [1.807, 2.05) is 21.1 Å². The predicted octanol–water partition coefficient (Wildman–Crippen LogP) is 19.3. The summed E-state index contributed by atoms with van der Waals surface area (Å²) in [7, 11) is 1.12. The zero-order valence-corrected chi connectivity index (χ0v) is 51.5. The van der Waals surface area contributed by atoms with Gasteiger partial charge >= 0.3 is 11.9 Å². The van der Waals surface area contributed by atoms with Crippen LogP contribution in [0.1, 0.15) is 245 Å². The van der Waals surface area contributed by atoms with E-state index < -0.39 is 32.5 Å². The van der Waals surface area contributed by atoms with Gasteiger partial charge in [-0.05, 0) is 109 Å². The highest BCUT2D eigenvalue weighted by Gasteiger charge is 2.21. The Labute approximate surface area is 479 Å². The first-order valence-electron chi connectivity index (χ1n) is 31.2. The van der Waals surface area contributed by atoms with E-state index >= 15 is 0 Å². The average molecular weight is 1110 g/mol. The molecule has 0 aliphatic heterocycles.